The van der Waals surface area contributed by atoms with Gasteiger partial charge in [-0.1, -0.05) is 127 Å². The van der Waals surface area contributed by atoms with Crippen molar-refractivity contribution < 1.29 is 0 Å². The van der Waals surface area contributed by atoms with Gasteiger partial charge >= 0.3 is 0 Å². The van der Waals surface area contributed by atoms with Gasteiger partial charge in [0, 0.05) is 16.2 Å². The fraction of sp³-hybridized carbons (Fsp3) is 0.0256. The van der Waals surface area contributed by atoms with E-state index in [9.17, 15) is 0 Å². The maximum Gasteiger partial charge on any atom is 0.0546 e. The largest absolute Gasteiger partial charge is 0.309 e. The molecule has 0 amide bonds. The van der Waals surface area contributed by atoms with Crippen LogP contribution in [0.4, 0.5) is 0 Å². The van der Waals surface area contributed by atoms with Crippen LogP contribution in [-0.2, 0) is 0 Å². The number of para-hydroxylation sites is 1. The number of fused-ring (bicyclic) bond motifs is 6. The van der Waals surface area contributed by atoms with Crippen molar-refractivity contribution in [2.45, 2.75) is 6.92 Å². The zero-order chi connectivity index (χ0) is 26.6. The number of aromatic nitrogens is 1. The number of hydrogen-bond acceptors (Lipinski definition) is 0. The molecule has 0 unspecified atom stereocenters. The number of aryl methyl sites for hydroxylation is 1. The molecule has 0 saturated heterocycles. The molecule has 1 nitrogen and oxygen atoms in total. The van der Waals surface area contributed by atoms with Crippen molar-refractivity contribution in [3.63, 3.8) is 0 Å². The average molecular weight is 510 g/mol. The van der Waals surface area contributed by atoms with Gasteiger partial charge in [-0.3, -0.25) is 0 Å². The minimum atomic E-state index is 1.22. The highest BCUT2D eigenvalue weighted by Gasteiger charge is 2.16. The molecule has 7 aromatic carbocycles. The first-order chi connectivity index (χ1) is 19.7. The first-order valence-corrected chi connectivity index (χ1v) is 13.9. The molecule has 40 heavy (non-hydrogen) atoms. The van der Waals surface area contributed by atoms with Crippen molar-refractivity contribution in [3.05, 3.63) is 151 Å². The monoisotopic (exact) mass is 509 g/mol. The second kappa shape index (κ2) is 8.97. The molecule has 0 aliphatic heterocycles. The number of benzene rings is 7. The Morgan fingerprint density at radius 1 is 0.375 bits per heavy atom. The zero-order valence-electron chi connectivity index (χ0n) is 22.3. The average Bonchev–Trinajstić information content (AvgIpc) is 3.35. The molecule has 0 bridgehead atoms. The lowest BCUT2D eigenvalue weighted by molar-refractivity contribution is 1.20. The Morgan fingerprint density at radius 3 is 1.65 bits per heavy atom. The Morgan fingerprint density at radius 2 is 0.900 bits per heavy atom. The van der Waals surface area contributed by atoms with Crippen LogP contribution in [0.15, 0.2) is 146 Å². The van der Waals surface area contributed by atoms with Crippen LogP contribution in [-0.4, -0.2) is 4.57 Å². The van der Waals surface area contributed by atoms with Gasteiger partial charge in [0.1, 0.15) is 0 Å². The molecule has 0 aliphatic rings. The molecule has 8 rings (SSSR count). The van der Waals surface area contributed by atoms with Crippen molar-refractivity contribution in [2.24, 2.45) is 0 Å². The standard InChI is InChI=1S/C39H27N/c1-26-14-16-27(17-15-26)28-18-20-29(21-19-28)30-22-23-38-36(24-30)35-12-6-7-13-37(35)40(38)39-25-31-8-2-3-9-32(31)33-10-4-5-11-34(33)39/h2-25H,1H3. The smallest absolute Gasteiger partial charge is 0.0546 e. The summed E-state index contributed by atoms with van der Waals surface area (Å²) in [6.07, 6.45) is 0. The summed E-state index contributed by atoms with van der Waals surface area (Å²) in [5, 5.41) is 7.64. The summed E-state index contributed by atoms with van der Waals surface area (Å²) in [6.45, 7) is 2.13. The summed E-state index contributed by atoms with van der Waals surface area (Å²) in [5.74, 6) is 0. The van der Waals surface area contributed by atoms with Gasteiger partial charge in [-0.15, -0.1) is 0 Å². The maximum absolute atomic E-state index is 2.45. The van der Waals surface area contributed by atoms with E-state index in [1.807, 2.05) is 0 Å². The highest BCUT2D eigenvalue weighted by atomic mass is 15.0. The summed E-state index contributed by atoms with van der Waals surface area (Å²) in [6, 6.07) is 53.2. The van der Waals surface area contributed by atoms with Crippen molar-refractivity contribution in [1.82, 2.24) is 4.57 Å². The Bertz CT molecular complexity index is 2200. The van der Waals surface area contributed by atoms with Gasteiger partial charge in [-0.25, -0.2) is 0 Å². The van der Waals surface area contributed by atoms with Crippen molar-refractivity contribution in [1.29, 1.82) is 0 Å². The Labute approximate surface area is 233 Å². The Balaban J connectivity index is 1.33. The highest BCUT2D eigenvalue weighted by Crippen LogP contribution is 2.39. The third kappa shape index (κ3) is 3.56. The summed E-state index contributed by atoms with van der Waals surface area (Å²) >= 11 is 0. The Hall–Kier alpha value is -5.14. The maximum atomic E-state index is 2.45. The van der Waals surface area contributed by atoms with E-state index in [2.05, 4.69) is 157 Å². The van der Waals surface area contributed by atoms with E-state index in [-0.39, 0.29) is 0 Å². The fourth-order valence-corrected chi connectivity index (χ4v) is 6.23. The second-order valence-electron chi connectivity index (χ2n) is 10.7. The molecule has 0 spiro atoms. The van der Waals surface area contributed by atoms with E-state index in [1.165, 1.54) is 76.9 Å². The third-order valence-corrected chi connectivity index (χ3v) is 8.26. The van der Waals surface area contributed by atoms with E-state index in [0.717, 1.165) is 0 Å². The summed E-state index contributed by atoms with van der Waals surface area (Å²) in [7, 11) is 0. The molecule has 0 fully saturated rings. The van der Waals surface area contributed by atoms with Crippen molar-refractivity contribution in [3.8, 4) is 27.9 Å². The summed E-state index contributed by atoms with van der Waals surface area (Å²) in [5.41, 5.74) is 9.90. The SMILES string of the molecule is Cc1ccc(-c2ccc(-c3ccc4c(c3)c3ccccc3n4-c3cc4ccccc4c4ccccc34)cc2)cc1. The molecular formula is C39H27N. The lowest BCUT2D eigenvalue weighted by Gasteiger charge is -2.14. The lowest BCUT2D eigenvalue weighted by Crippen LogP contribution is -1.96. The van der Waals surface area contributed by atoms with Crippen LogP contribution in [0, 0.1) is 6.92 Å². The number of rotatable bonds is 3. The van der Waals surface area contributed by atoms with E-state index in [4.69, 9.17) is 0 Å². The topological polar surface area (TPSA) is 4.93 Å². The Kier molecular flexibility index (Phi) is 5.11. The van der Waals surface area contributed by atoms with Gasteiger partial charge in [0.25, 0.3) is 0 Å². The minimum absolute atomic E-state index is 1.22. The quantitative estimate of drug-likeness (QED) is 0.209. The molecule has 0 N–H and O–H groups in total. The number of hydrogen-bond donors (Lipinski definition) is 0. The highest BCUT2D eigenvalue weighted by molar-refractivity contribution is 6.15. The molecule has 1 aromatic heterocycles. The normalized spacial score (nSPS) is 11.6. The van der Waals surface area contributed by atoms with Crippen LogP contribution in [0.2, 0.25) is 0 Å². The van der Waals surface area contributed by atoms with Crippen LogP contribution < -0.4 is 0 Å². The van der Waals surface area contributed by atoms with Gasteiger partial charge < -0.3 is 4.57 Å². The molecule has 1 heteroatoms. The van der Waals surface area contributed by atoms with E-state index < -0.39 is 0 Å². The first-order valence-electron chi connectivity index (χ1n) is 13.9. The fourth-order valence-electron chi connectivity index (χ4n) is 6.23. The van der Waals surface area contributed by atoms with Gasteiger partial charge in [-0.05, 0) is 69.6 Å². The van der Waals surface area contributed by atoms with Crippen LogP contribution in [0.1, 0.15) is 5.56 Å². The molecular weight excluding hydrogens is 482 g/mol. The summed E-state index contributed by atoms with van der Waals surface area (Å²) in [4.78, 5) is 0. The van der Waals surface area contributed by atoms with Crippen molar-refractivity contribution >= 4 is 43.4 Å². The van der Waals surface area contributed by atoms with E-state index >= 15 is 0 Å². The molecule has 0 aliphatic carbocycles. The van der Waals surface area contributed by atoms with Gasteiger partial charge in [-0.2, -0.15) is 0 Å². The van der Waals surface area contributed by atoms with Gasteiger partial charge in [0.2, 0.25) is 0 Å². The number of nitrogens with zero attached hydrogens (tertiary/aromatic N) is 1. The minimum Gasteiger partial charge on any atom is -0.309 e. The van der Waals surface area contributed by atoms with Crippen LogP contribution in [0.3, 0.4) is 0 Å². The van der Waals surface area contributed by atoms with Crippen LogP contribution in [0.5, 0.6) is 0 Å². The molecule has 0 saturated carbocycles. The first kappa shape index (κ1) is 22.8. The van der Waals surface area contributed by atoms with Crippen LogP contribution >= 0.6 is 0 Å². The van der Waals surface area contributed by atoms with Gasteiger partial charge in [0.15, 0.2) is 0 Å². The molecule has 8 aromatic rings. The van der Waals surface area contributed by atoms with Gasteiger partial charge in [0.05, 0.1) is 16.7 Å². The molecule has 188 valence electrons. The van der Waals surface area contributed by atoms with Crippen LogP contribution in [0.25, 0.3) is 71.3 Å². The lowest BCUT2D eigenvalue weighted by atomic mass is 9.98. The second-order valence-corrected chi connectivity index (χ2v) is 10.7. The third-order valence-electron chi connectivity index (χ3n) is 8.26. The predicted octanol–water partition coefficient (Wildman–Crippen LogP) is 10.7. The predicted molar refractivity (Wildman–Crippen MR) is 171 cm³/mol. The van der Waals surface area contributed by atoms with E-state index in [1.54, 1.807) is 0 Å². The van der Waals surface area contributed by atoms with Crippen molar-refractivity contribution in [2.75, 3.05) is 0 Å². The zero-order valence-corrected chi connectivity index (χ0v) is 22.3. The summed E-state index contributed by atoms with van der Waals surface area (Å²) < 4.78 is 2.45. The van der Waals surface area contributed by atoms with E-state index in [0.29, 0.717) is 0 Å². The molecule has 0 atom stereocenters. The molecule has 1 heterocycles. The molecule has 0 radical (unpaired) electrons.